The Morgan fingerprint density at radius 1 is 0.359 bits per heavy atom. The minimum Gasteiger partial charge on any atom is -0.404 e. The van der Waals surface area contributed by atoms with E-state index in [1.165, 1.54) is 0 Å². The first-order valence-corrected chi connectivity index (χ1v) is 14.6. The molecule has 8 nitrogen and oxygen atoms in total. The highest BCUT2D eigenvalue weighted by molar-refractivity contribution is 6.68. The van der Waals surface area contributed by atoms with Gasteiger partial charge in [0.15, 0.2) is 0 Å². The Bertz CT molecular complexity index is 768. The summed E-state index contributed by atoms with van der Waals surface area (Å²) in [7, 11) is -1.18. The molecule has 0 amide bonds. The van der Waals surface area contributed by atoms with E-state index in [9.17, 15) is 0 Å². The molecule has 0 bridgehead atoms. The summed E-state index contributed by atoms with van der Waals surface area (Å²) in [5.74, 6) is 0. The van der Waals surface area contributed by atoms with Crippen LogP contribution in [0.1, 0.15) is 118 Å². The molecule has 0 N–H and O–H groups in total. The van der Waals surface area contributed by atoms with Crippen molar-refractivity contribution in [1.29, 1.82) is 0 Å². The van der Waals surface area contributed by atoms with Gasteiger partial charge in [0.1, 0.15) is 0 Å². The molecule has 0 atom stereocenters. The van der Waals surface area contributed by atoms with Crippen LogP contribution in [0.4, 0.5) is 0 Å². The van der Waals surface area contributed by atoms with Crippen molar-refractivity contribution in [2.75, 3.05) is 0 Å². The van der Waals surface area contributed by atoms with Crippen LogP contribution >= 0.6 is 0 Å². The largest absolute Gasteiger partial charge is 0.458 e. The molecule has 0 aliphatic carbocycles. The summed E-state index contributed by atoms with van der Waals surface area (Å²) < 4.78 is 48.3. The van der Waals surface area contributed by atoms with Gasteiger partial charge in [0.05, 0.1) is 44.8 Å². The summed E-state index contributed by atoms with van der Waals surface area (Å²) >= 11 is 0. The van der Waals surface area contributed by atoms with Gasteiger partial charge in [0, 0.05) is 11.9 Å². The Kier molecular flexibility index (Phi) is 8.58. The van der Waals surface area contributed by atoms with Gasteiger partial charge in [-0.05, 0) is 111 Å². The summed E-state index contributed by atoms with van der Waals surface area (Å²) in [6.07, 6.45) is 0.597. The first-order valence-electron chi connectivity index (χ1n) is 14.6. The van der Waals surface area contributed by atoms with Crippen molar-refractivity contribution in [2.24, 2.45) is 0 Å². The Morgan fingerprint density at radius 2 is 0.538 bits per heavy atom. The van der Waals surface area contributed by atoms with Gasteiger partial charge in [0.25, 0.3) is 0 Å². The van der Waals surface area contributed by atoms with E-state index in [1.807, 2.05) is 0 Å². The van der Waals surface area contributed by atoms with Gasteiger partial charge in [-0.15, -0.1) is 0 Å². The van der Waals surface area contributed by atoms with E-state index in [4.69, 9.17) is 37.2 Å². The van der Waals surface area contributed by atoms with Gasteiger partial charge < -0.3 is 37.2 Å². The molecule has 0 aromatic rings. The Hall–Kier alpha value is -0.0603. The maximum Gasteiger partial charge on any atom is 0.458 e. The van der Waals surface area contributed by atoms with E-state index in [-0.39, 0.29) is 79.0 Å². The van der Waals surface area contributed by atoms with Crippen molar-refractivity contribution < 1.29 is 37.2 Å². The molecule has 4 rings (SSSR count). The summed E-state index contributed by atoms with van der Waals surface area (Å²) in [5.41, 5.74) is -2.50. The summed E-state index contributed by atoms with van der Waals surface area (Å²) in [5, 5.41) is 0. The number of hydrogen-bond acceptors (Lipinski definition) is 8. The highest BCUT2D eigenvalue weighted by atomic mass is 16.7. The lowest BCUT2D eigenvalue weighted by molar-refractivity contribution is 0.00578. The number of hydrogen-bond donors (Lipinski definition) is 0. The molecular weight excluding hydrogens is 496 g/mol. The molecule has 0 radical (unpaired) electrons. The molecule has 4 saturated heterocycles. The zero-order valence-corrected chi connectivity index (χ0v) is 27.9. The Balaban J connectivity index is 0.000000216. The van der Waals surface area contributed by atoms with Crippen LogP contribution in [0.15, 0.2) is 0 Å². The van der Waals surface area contributed by atoms with Crippen molar-refractivity contribution in [2.45, 2.75) is 174 Å². The summed E-state index contributed by atoms with van der Waals surface area (Å²) in [6.45, 7) is 35.0. The van der Waals surface area contributed by atoms with E-state index in [0.717, 1.165) is 0 Å². The third-order valence-corrected chi connectivity index (χ3v) is 10.4. The van der Waals surface area contributed by atoms with Crippen molar-refractivity contribution in [3.05, 3.63) is 0 Å². The zero-order valence-electron chi connectivity index (χ0n) is 27.9. The normalized spacial score (nSPS) is 30.6. The Labute approximate surface area is 240 Å². The molecule has 0 unspecified atom stereocenters. The highest BCUT2D eigenvalue weighted by Crippen LogP contribution is 2.45. The zero-order chi connectivity index (χ0) is 30.3. The van der Waals surface area contributed by atoms with Gasteiger partial charge in [-0.3, -0.25) is 0 Å². The second-order valence-electron chi connectivity index (χ2n) is 15.7. The predicted octanol–water partition coefficient (Wildman–Crippen LogP) is 5.81. The summed E-state index contributed by atoms with van der Waals surface area (Å²) in [6, 6.07) is 0. The van der Waals surface area contributed by atoms with E-state index < -0.39 is 0 Å². The lowest BCUT2D eigenvalue weighted by atomic mass is 9.53. The highest BCUT2D eigenvalue weighted by Gasteiger charge is 2.61. The first-order chi connectivity index (χ1) is 17.2. The minimum atomic E-state index is -0.324. The molecule has 39 heavy (non-hydrogen) atoms. The standard InChI is InChI=1S/C14H28B2O4.C13H26B2O4/c1-10(15-17-11(2,3)12(4,5)18-15)16-19-13(6,7)14(8,9)20-16;1-10(2)11(3,4)17-14(16-10)9-15-18-12(5,6)13(7,8)19-15/h10H,1-9H3;9H2,1-8H3. The fourth-order valence-electron chi connectivity index (χ4n) is 4.61. The van der Waals surface area contributed by atoms with Crippen LogP contribution in [0.2, 0.25) is 11.9 Å². The van der Waals surface area contributed by atoms with Gasteiger partial charge in [-0.25, -0.2) is 0 Å². The lowest BCUT2D eigenvalue weighted by Gasteiger charge is -2.32. The van der Waals surface area contributed by atoms with E-state index in [1.54, 1.807) is 0 Å². The molecule has 12 heteroatoms. The van der Waals surface area contributed by atoms with Crippen LogP contribution in [0.3, 0.4) is 0 Å². The van der Waals surface area contributed by atoms with Gasteiger partial charge in [0.2, 0.25) is 0 Å². The maximum atomic E-state index is 6.09. The molecule has 0 aromatic carbocycles. The topological polar surface area (TPSA) is 73.8 Å². The second kappa shape index (κ2) is 10.0. The average Bonchev–Trinajstić information content (AvgIpc) is 3.21. The average molecular weight is 550 g/mol. The molecule has 0 spiro atoms. The van der Waals surface area contributed by atoms with Crippen molar-refractivity contribution >= 4 is 28.5 Å². The quantitative estimate of drug-likeness (QED) is 0.407. The molecule has 4 fully saturated rings. The van der Waals surface area contributed by atoms with Crippen LogP contribution in [-0.4, -0.2) is 73.3 Å². The van der Waals surface area contributed by atoms with Crippen LogP contribution in [0.25, 0.3) is 0 Å². The van der Waals surface area contributed by atoms with E-state index in [0.29, 0.717) is 6.22 Å². The predicted molar refractivity (Wildman–Crippen MR) is 159 cm³/mol. The first kappa shape index (κ1) is 33.4. The SMILES string of the molecule is CC(B1OC(C)(C)C(C)(C)O1)B1OC(C)(C)C(C)(C)O1.CC1(C)OB(CB2OC(C)(C)C(C)(C)O2)OC1(C)C. The fourth-order valence-corrected chi connectivity index (χ4v) is 4.61. The van der Waals surface area contributed by atoms with Gasteiger partial charge >= 0.3 is 28.5 Å². The lowest BCUT2D eigenvalue weighted by Crippen LogP contribution is -2.41. The molecule has 4 aliphatic rings. The van der Waals surface area contributed by atoms with Gasteiger partial charge in [-0.2, -0.15) is 0 Å². The third kappa shape index (κ3) is 6.34. The third-order valence-electron chi connectivity index (χ3n) is 10.4. The smallest absolute Gasteiger partial charge is 0.404 e. The maximum absolute atomic E-state index is 6.09. The summed E-state index contributed by atoms with van der Waals surface area (Å²) in [4.78, 5) is 0. The Morgan fingerprint density at radius 3 is 0.744 bits per heavy atom. The molecule has 4 aliphatic heterocycles. The van der Waals surface area contributed by atoms with Crippen LogP contribution < -0.4 is 0 Å². The second-order valence-corrected chi connectivity index (χ2v) is 15.7. The molecule has 222 valence electrons. The monoisotopic (exact) mass is 550 g/mol. The van der Waals surface area contributed by atoms with Crippen molar-refractivity contribution in [3.8, 4) is 0 Å². The molecule has 4 heterocycles. The molecular formula is C27H54B4O8. The van der Waals surface area contributed by atoms with Crippen LogP contribution in [0, 0.1) is 0 Å². The van der Waals surface area contributed by atoms with E-state index in [2.05, 4.69) is 118 Å². The minimum absolute atomic E-state index is 0.0112. The van der Waals surface area contributed by atoms with Crippen molar-refractivity contribution in [3.63, 3.8) is 0 Å². The van der Waals surface area contributed by atoms with Gasteiger partial charge in [-0.1, -0.05) is 6.92 Å². The molecule has 0 saturated carbocycles. The van der Waals surface area contributed by atoms with E-state index >= 15 is 0 Å². The number of rotatable bonds is 4. The molecule has 0 aromatic heterocycles. The van der Waals surface area contributed by atoms with Crippen LogP contribution in [-0.2, 0) is 37.2 Å². The van der Waals surface area contributed by atoms with Crippen molar-refractivity contribution in [1.82, 2.24) is 0 Å². The fraction of sp³-hybridized carbons (Fsp3) is 1.00. The van der Waals surface area contributed by atoms with Crippen LogP contribution in [0.5, 0.6) is 0 Å².